The summed E-state index contributed by atoms with van der Waals surface area (Å²) in [4.78, 5) is 0. The van der Waals surface area contributed by atoms with Gasteiger partial charge in [0.1, 0.15) is 13.1 Å². The van der Waals surface area contributed by atoms with Crippen molar-refractivity contribution in [3.05, 3.63) is 11.6 Å². The van der Waals surface area contributed by atoms with E-state index in [4.69, 9.17) is 0 Å². The van der Waals surface area contributed by atoms with Crippen LogP contribution in [0.4, 0.5) is 0 Å². The fraction of sp³-hybridized carbons (Fsp3) is 0.500. The van der Waals surface area contributed by atoms with E-state index < -0.39 is 0 Å². The van der Waals surface area contributed by atoms with Gasteiger partial charge in [0.15, 0.2) is 11.6 Å². The van der Waals surface area contributed by atoms with Gasteiger partial charge in [-0.15, -0.1) is 10.2 Å². The van der Waals surface area contributed by atoms with Crippen LogP contribution in [0.5, 0.6) is 0 Å². The summed E-state index contributed by atoms with van der Waals surface area (Å²) in [5.74, 6) is 1.57. The highest BCUT2D eigenvalue weighted by atomic mass is 15.6. The van der Waals surface area contributed by atoms with Gasteiger partial charge in [0.25, 0.3) is 0 Å². The van der Waals surface area contributed by atoms with Crippen LogP contribution in [0.2, 0.25) is 0 Å². The molecule has 1 aliphatic heterocycles. The first-order valence-electron chi connectivity index (χ1n) is 3.43. The quantitative estimate of drug-likeness (QED) is 0.384. The van der Waals surface area contributed by atoms with Gasteiger partial charge in [-0.05, 0) is 20.9 Å². The molecule has 0 aromatic carbocycles. The normalized spacial score (nSPS) is 14.0. The second-order valence-corrected chi connectivity index (χ2v) is 2.51. The SMILES string of the molecule is C1c2nnnn2Cc2nnnn21. The van der Waals surface area contributed by atoms with E-state index >= 15 is 0 Å². The van der Waals surface area contributed by atoms with Crippen molar-refractivity contribution in [1.29, 1.82) is 0 Å². The average molecular weight is 164 g/mol. The van der Waals surface area contributed by atoms with Gasteiger partial charge in [-0.2, -0.15) is 0 Å². The molecule has 0 aliphatic carbocycles. The molecule has 0 atom stereocenters. The first-order valence-corrected chi connectivity index (χ1v) is 3.43. The Bertz CT molecular complexity index is 339. The van der Waals surface area contributed by atoms with Crippen LogP contribution < -0.4 is 0 Å². The zero-order valence-electron chi connectivity index (χ0n) is 5.99. The Morgan fingerprint density at radius 2 is 1.33 bits per heavy atom. The molecule has 0 N–H and O–H groups in total. The number of tetrazole rings is 2. The smallest absolute Gasteiger partial charge is 0.173 e. The minimum atomic E-state index is 0.551. The van der Waals surface area contributed by atoms with Gasteiger partial charge in [0, 0.05) is 0 Å². The van der Waals surface area contributed by atoms with Gasteiger partial charge in [-0.25, -0.2) is 9.36 Å². The van der Waals surface area contributed by atoms with E-state index in [1.165, 1.54) is 0 Å². The van der Waals surface area contributed by atoms with Crippen molar-refractivity contribution in [1.82, 2.24) is 40.4 Å². The number of rotatable bonds is 0. The lowest BCUT2D eigenvalue weighted by Crippen LogP contribution is -2.21. The zero-order valence-corrected chi connectivity index (χ0v) is 5.99. The monoisotopic (exact) mass is 164 g/mol. The molecule has 8 heteroatoms. The molecule has 0 bridgehead atoms. The summed E-state index contributed by atoms with van der Waals surface area (Å²) >= 11 is 0. The standard InChI is InChI=1S/C4H4N8/c1-3-5-7-10-12(3)2-4-6-8-9-11(1)4/h1-2H2. The summed E-state index contributed by atoms with van der Waals surface area (Å²) in [6.45, 7) is 1.10. The molecule has 0 saturated heterocycles. The molecule has 3 rings (SSSR count). The summed E-state index contributed by atoms with van der Waals surface area (Å²) in [5.41, 5.74) is 0. The second kappa shape index (κ2) is 1.84. The highest BCUT2D eigenvalue weighted by Crippen LogP contribution is 2.06. The van der Waals surface area contributed by atoms with Crippen LogP contribution in [0.1, 0.15) is 11.6 Å². The van der Waals surface area contributed by atoms with Crippen molar-refractivity contribution in [2.24, 2.45) is 0 Å². The molecule has 0 radical (unpaired) electrons. The molecule has 3 heterocycles. The predicted octanol–water partition coefficient (Wildman–Crippen LogP) is -1.93. The van der Waals surface area contributed by atoms with Crippen molar-refractivity contribution in [2.75, 3.05) is 0 Å². The van der Waals surface area contributed by atoms with E-state index in [0.717, 1.165) is 11.6 Å². The van der Waals surface area contributed by atoms with E-state index in [-0.39, 0.29) is 0 Å². The highest BCUT2D eigenvalue weighted by Gasteiger charge is 2.18. The molecule has 60 valence electrons. The number of fused-ring (bicyclic) bond motifs is 2. The Labute approximate surface area is 66.2 Å². The molecule has 2 aromatic rings. The molecule has 8 nitrogen and oxygen atoms in total. The Balaban J connectivity index is 2.15. The summed E-state index contributed by atoms with van der Waals surface area (Å²) in [5, 5.41) is 22.3. The van der Waals surface area contributed by atoms with Crippen molar-refractivity contribution < 1.29 is 0 Å². The Morgan fingerprint density at radius 1 is 0.833 bits per heavy atom. The zero-order chi connectivity index (χ0) is 7.97. The number of aromatic nitrogens is 8. The summed E-state index contributed by atoms with van der Waals surface area (Å²) in [6.07, 6.45) is 0. The van der Waals surface area contributed by atoms with E-state index in [1.54, 1.807) is 9.36 Å². The molecule has 2 aromatic heterocycles. The van der Waals surface area contributed by atoms with Crippen molar-refractivity contribution in [2.45, 2.75) is 13.1 Å². The Morgan fingerprint density at radius 3 is 1.83 bits per heavy atom. The molecular weight excluding hydrogens is 160 g/mol. The maximum Gasteiger partial charge on any atom is 0.173 e. The molecule has 12 heavy (non-hydrogen) atoms. The first-order chi connectivity index (χ1) is 5.93. The lowest BCUT2D eigenvalue weighted by molar-refractivity contribution is 0.483. The Kier molecular flexibility index (Phi) is 0.882. The predicted molar refractivity (Wildman–Crippen MR) is 33.8 cm³/mol. The maximum atomic E-state index is 3.82. The summed E-state index contributed by atoms with van der Waals surface area (Å²) in [7, 11) is 0. The van der Waals surface area contributed by atoms with Crippen molar-refractivity contribution >= 4 is 0 Å². The van der Waals surface area contributed by atoms with Crippen LogP contribution in [0, 0.1) is 0 Å². The lowest BCUT2D eigenvalue weighted by atomic mass is 10.4. The lowest BCUT2D eigenvalue weighted by Gasteiger charge is -2.09. The second-order valence-electron chi connectivity index (χ2n) is 2.51. The van der Waals surface area contributed by atoms with E-state index in [0.29, 0.717) is 13.1 Å². The van der Waals surface area contributed by atoms with Gasteiger partial charge in [0.2, 0.25) is 0 Å². The Hall–Kier alpha value is -1.86. The van der Waals surface area contributed by atoms with Crippen molar-refractivity contribution in [3.8, 4) is 0 Å². The van der Waals surface area contributed by atoms with Crippen LogP contribution >= 0.6 is 0 Å². The van der Waals surface area contributed by atoms with E-state index in [1.807, 2.05) is 0 Å². The molecule has 1 aliphatic rings. The highest BCUT2D eigenvalue weighted by molar-refractivity contribution is 4.95. The van der Waals surface area contributed by atoms with E-state index in [9.17, 15) is 0 Å². The molecule has 0 amide bonds. The average Bonchev–Trinajstić information content (AvgIpc) is 2.64. The number of hydrogen-bond donors (Lipinski definition) is 0. The molecule has 0 unspecified atom stereocenters. The third-order valence-corrected chi connectivity index (χ3v) is 1.79. The molecular formula is C4H4N8. The van der Waals surface area contributed by atoms with Crippen molar-refractivity contribution in [3.63, 3.8) is 0 Å². The summed E-state index contributed by atoms with van der Waals surface area (Å²) in [6, 6.07) is 0. The van der Waals surface area contributed by atoms with Crippen LogP contribution in [0.25, 0.3) is 0 Å². The maximum absolute atomic E-state index is 3.82. The van der Waals surface area contributed by atoms with Gasteiger partial charge >= 0.3 is 0 Å². The van der Waals surface area contributed by atoms with E-state index in [2.05, 4.69) is 31.1 Å². The minimum Gasteiger partial charge on any atom is -0.220 e. The van der Waals surface area contributed by atoms with Crippen LogP contribution in [0.3, 0.4) is 0 Å². The topological polar surface area (TPSA) is 87.2 Å². The number of hydrogen-bond acceptors (Lipinski definition) is 6. The molecule has 0 fully saturated rings. The first kappa shape index (κ1) is 5.75. The van der Waals surface area contributed by atoms with Crippen LogP contribution in [0.15, 0.2) is 0 Å². The fourth-order valence-electron chi connectivity index (χ4n) is 1.19. The van der Waals surface area contributed by atoms with Crippen LogP contribution in [-0.4, -0.2) is 40.4 Å². The van der Waals surface area contributed by atoms with Gasteiger partial charge in [-0.1, -0.05) is 0 Å². The molecule has 0 saturated carbocycles. The third kappa shape index (κ3) is 0.607. The van der Waals surface area contributed by atoms with Gasteiger partial charge < -0.3 is 0 Å². The number of nitrogens with zero attached hydrogens (tertiary/aromatic N) is 8. The third-order valence-electron chi connectivity index (χ3n) is 1.79. The molecule has 0 spiro atoms. The summed E-state index contributed by atoms with van der Waals surface area (Å²) < 4.78 is 3.37. The van der Waals surface area contributed by atoms with Gasteiger partial charge in [0.05, 0.1) is 0 Å². The van der Waals surface area contributed by atoms with Crippen LogP contribution in [-0.2, 0) is 13.1 Å². The van der Waals surface area contributed by atoms with Gasteiger partial charge in [-0.3, -0.25) is 0 Å². The largest absolute Gasteiger partial charge is 0.220 e. The fourth-order valence-corrected chi connectivity index (χ4v) is 1.19. The minimum absolute atomic E-state index is 0.551.